The van der Waals surface area contributed by atoms with Gasteiger partial charge in [-0.1, -0.05) is 0 Å². The molecule has 0 saturated carbocycles. The predicted octanol–water partition coefficient (Wildman–Crippen LogP) is -13.2. The summed E-state index contributed by atoms with van der Waals surface area (Å²) in [6.45, 7) is -3.25. The molecule has 17 heteroatoms. The van der Waals surface area contributed by atoms with Crippen LogP contribution < -0.4 is 37.3 Å². The van der Waals surface area contributed by atoms with E-state index in [2.05, 4.69) is 16.9 Å². The summed E-state index contributed by atoms with van der Waals surface area (Å²) in [7, 11) is 0. The smallest absolute Gasteiger partial charge is 0.549 e. The Morgan fingerprint density at radius 2 is 0.786 bits per heavy atom. The number of hydrogen-bond donors (Lipinski definition) is 3. The van der Waals surface area contributed by atoms with Crippen molar-refractivity contribution >= 4 is 29.8 Å². The van der Waals surface area contributed by atoms with Crippen LogP contribution in [0.25, 0.3) is 0 Å². The minimum absolute atomic E-state index is 0. The summed E-state index contributed by atoms with van der Waals surface area (Å²) in [6.07, 6.45) is 0. The number of carboxylic acid groups (broad SMARTS) is 4. The van der Waals surface area contributed by atoms with Crippen LogP contribution in [-0.4, -0.2) is 78.9 Å². The molecule has 0 bridgehead atoms. The summed E-state index contributed by atoms with van der Waals surface area (Å²) in [4.78, 5) is 43.4. The molecule has 0 atom stereocenters. The Balaban J connectivity index is -0.000000137. The minimum atomic E-state index is -1.53. The fourth-order valence-electron chi connectivity index (χ4n) is 1.44. The minimum Gasteiger partial charge on any atom is -0.549 e. The maximum atomic E-state index is 10.4. The Morgan fingerprint density at radius 3 is 0.893 bits per heavy atom. The number of carbonyl (C=O) groups is 4. The predicted molar refractivity (Wildman–Crippen MR) is 82.8 cm³/mol. The second-order valence-electron chi connectivity index (χ2n) is 4.41. The number of aliphatic carboxylic acids is 4. The number of guanidine groups is 1. The maximum Gasteiger partial charge on any atom is 3.00 e. The average molecular weight is 557 g/mol. The molecule has 0 aromatic rings. The van der Waals surface area contributed by atoms with E-state index in [4.69, 9.17) is 0 Å². The molecule has 0 aliphatic heterocycles. The summed E-state index contributed by atoms with van der Waals surface area (Å²) in [5.74, 6) is -6.20. The molecule has 0 rings (SSSR count). The summed E-state index contributed by atoms with van der Waals surface area (Å²) < 4.78 is 0. The quantitative estimate of drug-likeness (QED) is 0.121. The summed E-state index contributed by atoms with van der Waals surface area (Å²) >= 11 is 0. The SMILES string of the molecule is NC(N)=[NH2+].O=C([O-])CN(CCN(CC(=O)[O-])CC(=O)[O-])CC(=O)[O-].[Eu+3].[OH3+].[OH3+].[OH3+]. The topological polar surface area (TPSA) is 344 Å². The van der Waals surface area contributed by atoms with E-state index in [0.717, 1.165) is 9.80 Å². The van der Waals surface area contributed by atoms with Crippen LogP contribution in [0.15, 0.2) is 0 Å². The van der Waals surface area contributed by atoms with Crippen LogP contribution in [0.5, 0.6) is 0 Å². The van der Waals surface area contributed by atoms with Crippen molar-refractivity contribution in [3.63, 3.8) is 0 Å². The average Bonchev–Trinajstić information content (AvgIpc) is 2.32. The van der Waals surface area contributed by atoms with E-state index in [1.807, 2.05) is 0 Å². The van der Waals surface area contributed by atoms with Crippen LogP contribution in [0.2, 0.25) is 0 Å². The van der Waals surface area contributed by atoms with Gasteiger partial charge in [0.1, 0.15) is 0 Å². The fourth-order valence-corrected chi connectivity index (χ4v) is 1.44. The third-order valence-corrected chi connectivity index (χ3v) is 2.14. The third kappa shape index (κ3) is 35.6. The van der Waals surface area contributed by atoms with Gasteiger partial charge in [-0.15, -0.1) is 0 Å². The normalized spacial score (nSPS) is 8.50. The molecule has 0 amide bonds. The molecule has 16 nitrogen and oxygen atoms in total. The van der Waals surface area contributed by atoms with E-state index in [1.165, 1.54) is 0 Å². The van der Waals surface area contributed by atoms with Crippen LogP contribution in [0.4, 0.5) is 0 Å². The van der Waals surface area contributed by atoms with Gasteiger partial charge >= 0.3 is 55.3 Å². The molecule has 0 aliphatic rings. The maximum absolute atomic E-state index is 10.4. The molecule has 0 heterocycles. The second-order valence-corrected chi connectivity index (χ2v) is 4.41. The van der Waals surface area contributed by atoms with Crippen LogP contribution in [-0.2, 0) is 35.6 Å². The Kier molecular flexibility index (Phi) is 34.5. The van der Waals surface area contributed by atoms with Gasteiger partial charge in [-0.3, -0.25) is 26.7 Å². The third-order valence-electron chi connectivity index (χ3n) is 2.14. The van der Waals surface area contributed by atoms with Gasteiger partial charge in [0.2, 0.25) is 0 Å². The van der Waals surface area contributed by atoms with Crippen molar-refractivity contribution in [2.45, 2.75) is 0 Å². The molecule has 0 unspecified atom stereocenters. The number of carboxylic acids is 4. The zero-order valence-electron chi connectivity index (χ0n) is 14.7. The first kappa shape index (κ1) is 41.0. The summed E-state index contributed by atoms with van der Waals surface area (Å²) in [5, 5.41) is 46.2. The van der Waals surface area contributed by atoms with Crippen LogP contribution in [0.1, 0.15) is 0 Å². The molecule has 15 N–H and O–H groups in total. The number of hydrogen-bond acceptors (Lipinski definition) is 10. The standard InChI is InChI=1S/C10H16N2O8.CH5N3.Eu.3H2O/c13-7(14)3-11(4-8(15)16)1-2-12(5-9(17)18)6-10(19)20;2-1(3)4;;;;/h1-6H2,(H,13,14)(H,15,16)(H,17,18)(H,19,20);(H5,2,3,4);;3*1H2/q;;+3;;;. The zero-order chi connectivity index (χ0) is 19.3. The van der Waals surface area contributed by atoms with Crippen molar-refractivity contribution in [3.8, 4) is 0 Å². The second kappa shape index (κ2) is 23.6. The van der Waals surface area contributed by atoms with Crippen LogP contribution in [0, 0.1) is 49.4 Å². The van der Waals surface area contributed by atoms with Crippen molar-refractivity contribution in [1.82, 2.24) is 9.80 Å². The van der Waals surface area contributed by atoms with Crippen molar-refractivity contribution in [3.05, 3.63) is 0 Å². The molecule has 0 spiro atoms. The van der Waals surface area contributed by atoms with Gasteiger partial charge in [-0.05, 0) is 0 Å². The Morgan fingerprint density at radius 1 is 0.643 bits per heavy atom. The molecule has 0 saturated heterocycles. The molecule has 28 heavy (non-hydrogen) atoms. The summed E-state index contributed by atoms with van der Waals surface area (Å²) in [5.41, 5.74) is 9.17. The van der Waals surface area contributed by atoms with Crippen molar-refractivity contribution in [2.24, 2.45) is 11.5 Å². The molecule has 0 fully saturated rings. The largest absolute Gasteiger partial charge is 3.00 e. The number of rotatable bonds is 11. The number of nitrogens with two attached hydrogens (primary N) is 3. The monoisotopic (exact) mass is 558 g/mol. The number of carbonyl (C=O) groups excluding carboxylic acids is 4. The first-order valence-electron chi connectivity index (χ1n) is 6.31. The molecule has 0 aromatic carbocycles. The van der Waals surface area contributed by atoms with E-state index in [0.29, 0.717) is 0 Å². The van der Waals surface area contributed by atoms with E-state index in [1.54, 1.807) is 0 Å². The molecule has 166 valence electrons. The molecular formula is C11H27EuN5O11+3. The van der Waals surface area contributed by atoms with Gasteiger partial charge < -0.3 is 56.0 Å². The molecular weight excluding hydrogens is 530 g/mol. The molecule has 0 radical (unpaired) electrons. The van der Waals surface area contributed by atoms with E-state index in [-0.39, 0.29) is 84.9 Å². The van der Waals surface area contributed by atoms with Crippen molar-refractivity contribution < 1.29 is 111 Å². The van der Waals surface area contributed by atoms with Gasteiger partial charge in [0, 0.05) is 39.3 Å². The fraction of sp³-hybridized carbons (Fsp3) is 0.545. The van der Waals surface area contributed by atoms with Crippen LogP contribution >= 0.6 is 0 Å². The van der Waals surface area contributed by atoms with Crippen LogP contribution in [0.3, 0.4) is 0 Å². The zero-order valence-corrected chi connectivity index (χ0v) is 17.2. The van der Waals surface area contributed by atoms with Crippen molar-refractivity contribution in [2.75, 3.05) is 39.3 Å². The van der Waals surface area contributed by atoms with E-state index < -0.39 is 50.1 Å². The van der Waals surface area contributed by atoms with E-state index in [9.17, 15) is 39.6 Å². The number of nitrogens with zero attached hydrogens (tertiary/aromatic N) is 2. The molecule has 0 aliphatic carbocycles. The van der Waals surface area contributed by atoms with Gasteiger partial charge in [0.15, 0.2) is 0 Å². The van der Waals surface area contributed by atoms with Gasteiger partial charge in [0.25, 0.3) is 0 Å². The Hall–Kier alpha value is -1.47. The van der Waals surface area contributed by atoms with Gasteiger partial charge in [0.05, 0.1) is 23.9 Å². The van der Waals surface area contributed by atoms with Gasteiger partial charge in [-0.25, -0.2) is 0 Å². The van der Waals surface area contributed by atoms with E-state index >= 15 is 0 Å². The first-order valence-corrected chi connectivity index (χ1v) is 6.31. The molecule has 0 aromatic heterocycles. The first-order chi connectivity index (χ1) is 10.9. The Bertz CT molecular complexity index is 408. The summed E-state index contributed by atoms with van der Waals surface area (Å²) in [6, 6.07) is 0. The van der Waals surface area contributed by atoms with Crippen molar-refractivity contribution in [1.29, 1.82) is 0 Å². The van der Waals surface area contributed by atoms with Gasteiger partial charge in [-0.2, -0.15) is 0 Å². The Labute approximate surface area is 200 Å².